The summed E-state index contributed by atoms with van der Waals surface area (Å²) in [7, 11) is 3.23. The number of ketones is 1. The molecule has 0 radical (unpaired) electrons. The highest BCUT2D eigenvalue weighted by molar-refractivity contribution is 6.34. The summed E-state index contributed by atoms with van der Waals surface area (Å²) in [6.45, 7) is 1.83. The zero-order chi connectivity index (χ0) is 23.8. The smallest absolute Gasteiger partial charge is 0.309 e. The van der Waals surface area contributed by atoms with Crippen LogP contribution in [0.3, 0.4) is 0 Å². The molecular weight excluding hydrogens is 438 g/mol. The van der Waals surface area contributed by atoms with Crippen LogP contribution in [0.2, 0.25) is 5.02 Å². The summed E-state index contributed by atoms with van der Waals surface area (Å²) in [5.41, 5.74) is 3.17. The van der Waals surface area contributed by atoms with E-state index in [1.807, 2.05) is 61.4 Å². The molecule has 0 N–H and O–H groups in total. The number of anilines is 2. The Balaban J connectivity index is 1.66. The third-order valence-electron chi connectivity index (χ3n) is 5.33. The van der Waals surface area contributed by atoms with E-state index in [0.29, 0.717) is 23.0 Å². The Hall–Kier alpha value is -3.51. The maximum Gasteiger partial charge on any atom is 0.309 e. The molecule has 3 aromatic rings. The van der Waals surface area contributed by atoms with E-state index >= 15 is 0 Å². The van der Waals surface area contributed by atoms with Crippen LogP contribution in [0.25, 0.3) is 6.08 Å². The van der Waals surface area contributed by atoms with Gasteiger partial charge in [0.05, 0.1) is 18.1 Å². The molecule has 2 aromatic carbocycles. The highest BCUT2D eigenvalue weighted by Crippen LogP contribution is 2.25. The molecule has 1 atom stereocenters. The number of benzene rings is 2. The van der Waals surface area contributed by atoms with E-state index in [0.717, 1.165) is 16.8 Å². The fourth-order valence-electron chi connectivity index (χ4n) is 3.50. The lowest BCUT2D eigenvalue weighted by molar-refractivity contribution is -0.145. The number of Topliss-reactive ketones (excluding diaryl/α,β-unsaturated/α-hetero) is 1. The van der Waals surface area contributed by atoms with Gasteiger partial charge in [-0.2, -0.15) is 0 Å². The molecule has 0 fully saturated rings. The highest BCUT2D eigenvalue weighted by atomic mass is 35.5. The molecule has 0 aliphatic rings. The number of esters is 1. The van der Waals surface area contributed by atoms with Gasteiger partial charge in [-0.25, -0.2) is 9.97 Å². The number of halogens is 1. The van der Waals surface area contributed by atoms with Crippen LogP contribution in [0, 0.1) is 12.8 Å². The predicted molar refractivity (Wildman–Crippen MR) is 131 cm³/mol. The molecule has 1 heterocycles. The molecule has 0 aliphatic heterocycles. The molecule has 170 valence electrons. The number of ether oxygens (including phenoxy) is 1. The van der Waals surface area contributed by atoms with E-state index in [1.54, 1.807) is 30.6 Å². The molecule has 1 unspecified atom stereocenters. The van der Waals surface area contributed by atoms with E-state index in [2.05, 4.69) is 9.97 Å². The van der Waals surface area contributed by atoms with Gasteiger partial charge in [-0.1, -0.05) is 48.0 Å². The van der Waals surface area contributed by atoms with E-state index in [1.165, 1.54) is 7.11 Å². The number of aromatic nitrogens is 2. The lowest BCUT2D eigenvalue weighted by Crippen LogP contribution is -2.20. The summed E-state index contributed by atoms with van der Waals surface area (Å²) in [6, 6.07) is 15.0. The van der Waals surface area contributed by atoms with Crippen LogP contribution < -0.4 is 4.90 Å². The van der Waals surface area contributed by atoms with Gasteiger partial charge in [0, 0.05) is 37.1 Å². The second kappa shape index (κ2) is 11.4. The number of aryl methyl sites for hydroxylation is 1. The van der Waals surface area contributed by atoms with Crippen molar-refractivity contribution in [3.05, 3.63) is 88.7 Å². The van der Waals surface area contributed by atoms with Crippen LogP contribution in [0.15, 0.2) is 67.0 Å². The van der Waals surface area contributed by atoms with E-state index in [9.17, 15) is 9.59 Å². The lowest BCUT2D eigenvalue weighted by atomic mass is 9.93. The first-order valence-electron chi connectivity index (χ1n) is 10.5. The van der Waals surface area contributed by atoms with Gasteiger partial charge in [0.1, 0.15) is 0 Å². The van der Waals surface area contributed by atoms with Crippen molar-refractivity contribution in [1.82, 2.24) is 9.97 Å². The van der Waals surface area contributed by atoms with Gasteiger partial charge >= 0.3 is 5.97 Å². The fraction of sp³-hybridized carbons (Fsp3) is 0.231. The van der Waals surface area contributed by atoms with Crippen molar-refractivity contribution in [2.45, 2.75) is 19.8 Å². The summed E-state index contributed by atoms with van der Waals surface area (Å²) in [5.74, 6) is -0.565. The third kappa shape index (κ3) is 6.26. The average molecular weight is 464 g/mol. The van der Waals surface area contributed by atoms with Gasteiger partial charge in [0.15, 0.2) is 5.78 Å². The number of nitrogens with zero attached hydrogens (tertiary/aromatic N) is 3. The van der Waals surface area contributed by atoms with Crippen molar-refractivity contribution in [2.24, 2.45) is 5.92 Å². The zero-order valence-corrected chi connectivity index (χ0v) is 19.6. The summed E-state index contributed by atoms with van der Waals surface area (Å²) in [4.78, 5) is 35.5. The minimum atomic E-state index is -0.588. The molecule has 0 saturated heterocycles. The van der Waals surface area contributed by atoms with E-state index < -0.39 is 11.9 Å². The van der Waals surface area contributed by atoms with Crippen LogP contribution in [-0.2, 0) is 9.53 Å². The fourth-order valence-corrected chi connectivity index (χ4v) is 3.82. The Morgan fingerprint density at radius 1 is 1.09 bits per heavy atom. The van der Waals surface area contributed by atoms with Crippen molar-refractivity contribution in [2.75, 3.05) is 19.1 Å². The van der Waals surface area contributed by atoms with Gasteiger partial charge in [-0.15, -0.1) is 0 Å². The molecule has 6 nitrogen and oxygen atoms in total. The molecule has 0 bridgehead atoms. The number of carbonyl (C=O) groups is 2. The first-order chi connectivity index (χ1) is 15.9. The summed E-state index contributed by atoms with van der Waals surface area (Å²) in [6.07, 6.45) is 7.61. The minimum absolute atomic E-state index is 0.0302. The molecule has 0 amide bonds. The number of hydrogen-bond acceptors (Lipinski definition) is 6. The van der Waals surface area contributed by atoms with Gasteiger partial charge in [-0.05, 0) is 48.7 Å². The second-order valence-electron chi connectivity index (χ2n) is 7.62. The van der Waals surface area contributed by atoms with Crippen molar-refractivity contribution >= 4 is 41.1 Å². The first-order valence-corrected chi connectivity index (χ1v) is 10.9. The Bertz CT molecular complexity index is 1110. The van der Waals surface area contributed by atoms with Crippen molar-refractivity contribution < 1.29 is 14.3 Å². The second-order valence-corrected chi connectivity index (χ2v) is 8.02. The number of carbonyl (C=O) groups excluding carboxylic acids is 2. The van der Waals surface area contributed by atoms with E-state index in [-0.39, 0.29) is 12.2 Å². The average Bonchev–Trinajstić information content (AvgIpc) is 2.83. The first kappa shape index (κ1) is 24.1. The molecule has 3 rings (SSSR count). The molecular formula is C26H26ClN3O3. The molecule has 33 heavy (non-hydrogen) atoms. The SMILES string of the molecule is COC(=O)C(C/C=C/c1ccc(N(C)c2ncccn2)cc1)CC(=O)c1c(C)cccc1Cl. The van der Waals surface area contributed by atoms with Crippen LogP contribution in [0.4, 0.5) is 11.6 Å². The van der Waals surface area contributed by atoms with Crippen LogP contribution in [-0.4, -0.2) is 35.9 Å². The normalized spacial score (nSPS) is 11.9. The molecule has 0 saturated carbocycles. The highest BCUT2D eigenvalue weighted by Gasteiger charge is 2.24. The number of allylic oxidation sites excluding steroid dienone is 1. The van der Waals surface area contributed by atoms with Gasteiger partial charge in [0.2, 0.25) is 5.95 Å². The standard InChI is InChI=1S/C26H26ClN3O3/c1-18-7-4-10-22(27)24(18)23(31)17-20(25(32)33-3)9-5-8-19-11-13-21(14-12-19)30(2)26-28-15-6-16-29-26/h4-8,10-16,20H,9,17H2,1-3H3/b8-5+. The molecule has 7 heteroatoms. The van der Waals surface area contributed by atoms with Crippen LogP contribution >= 0.6 is 11.6 Å². The topological polar surface area (TPSA) is 72.4 Å². The van der Waals surface area contributed by atoms with Gasteiger partial charge in [0.25, 0.3) is 0 Å². The van der Waals surface area contributed by atoms with E-state index in [4.69, 9.17) is 16.3 Å². The van der Waals surface area contributed by atoms with Crippen molar-refractivity contribution in [3.63, 3.8) is 0 Å². The summed E-state index contributed by atoms with van der Waals surface area (Å²) < 4.78 is 4.92. The largest absolute Gasteiger partial charge is 0.469 e. The monoisotopic (exact) mass is 463 g/mol. The maximum absolute atomic E-state index is 12.8. The summed E-state index contributed by atoms with van der Waals surface area (Å²) >= 11 is 6.22. The quantitative estimate of drug-likeness (QED) is 0.300. The summed E-state index contributed by atoms with van der Waals surface area (Å²) in [5, 5.41) is 0.394. The zero-order valence-electron chi connectivity index (χ0n) is 18.9. The molecule has 0 aliphatic carbocycles. The third-order valence-corrected chi connectivity index (χ3v) is 5.65. The Morgan fingerprint density at radius 3 is 2.42 bits per heavy atom. The number of methoxy groups -OCH3 is 1. The van der Waals surface area contributed by atoms with Crippen LogP contribution in [0.1, 0.15) is 34.3 Å². The maximum atomic E-state index is 12.8. The van der Waals surface area contributed by atoms with Crippen LogP contribution in [0.5, 0.6) is 0 Å². The van der Waals surface area contributed by atoms with Gasteiger partial charge in [-0.3, -0.25) is 9.59 Å². The predicted octanol–water partition coefficient (Wildman–Crippen LogP) is 5.67. The van der Waals surface area contributed by atoms with Crippen molar-refractivity contribution in [3.8, 4) is 0 Å². The molecule has 1 aromatic heterocycles. The Labute approximate surface area is 198 Å². The number of rotatable bonds is 9. The number of hydrogen-bond donors (Lipinski definition) is 0. The molecule has 0 spiro atoms. The minimum Gasteiger partial charge on any atom is -0.469 e. The Morgan fingerprint density at radius 2 is 1.79 bits per heavy atom. The Kier molecular flexibility index (Phi) is 8.33. The van der Waals surface area contributed by atoms with Gasteiger partial charge < -0.3 is 9.64 Å². The van der Waals surface area contributed by atoms with Crippen molar-refractivity contribution in [1.29, 1.82) is 0 Å². The lowest BCUT2D eigenvalue weighted by Gasteiger charge is -2.16.